The van der Waals surface area contributed by atoms with E-state index < -0.39 is 12.6 Å². The van der Waals surface area contributed by atoms with Crippen molar-refractivity contribution < 1.29 is 19.4 Å². The molecule has 1 saturated heterocycles. The van der Waals surface area contributed by atoms with Gasteiger partial charge in [0.1, 0.15) is 10.1 Å². The molecule has 0 aliphatic carbocycles. The minimum Gasteiger partial charge on any atom is -0.481 e. The normalized spacial score (nSPS) is 16.2. The van der Waals surface area contributed by atoms with E-state index in [0.29, 0.717) is 27.1 Å². The first-order valence-corrected chi connectivity index (χ1v) is 7.55. The van der Waals surface area contributed by atoms with Crippen LogP contribution in [0, 0.1) is 0 Å². The molecule has 0 aromatic heterocycles. The standard InChI is InChI=1S/C15H13NO4S2/c1-2-7-16-14(19)12(22-15(16)21)8-10-5-3-4-6-11(10)20-9-13(17)18/h2-6,8H,1,7,9H2,(H,17,18)/b12-8-. The highest BCUT2D eigenvalue weighted by atomic mass is 32.2. The average Bonchev–Trinajstić information content (AvgIpc) is 2.74. The zero-order valence-corrected chi connectivity index (χ0v) is 13.2. The van der Waals surface area contributed by atoms with Crippen LogP contribution in [0.2, 0.25) is 0 Å². The van der Waals surface area contributed by atoms with Crippen LogP contribution >= 0.6 is 24.0 Å². The fraction of sp³-hybridized carbons (Fsp3) is 0.133. The Bertz CT molecular complexity index is 669. The molecule has 0 bridgehead atoms. The third-order valence-corrected chi connectivity index (χ3v) is 4.12. The van der Waals surface area contributed by atoms with Crippen LogP contribution in [0.25, 0.3) is 6.08 Å². The van der Waals surface area contributed by atoms with E-state index in [2.05, 4.69) is 6.58 Å². The molecule has 0 saturated carbocycles. The summed E-state index contributed by atoms with van der Waals surface area (Å²) < 4.78 is 5.69. The number of benzene rings is 1. The fourth-order valence-electron chi connectivity index (χ4n) is 1.80. The molecule has 0 spiro atoms. The average molecular weight is 335 g/mol. The number of carbonyl (C=O) groups excluding carboxylic acids is 1. The molecule has 2 rings (SSSR count). The summed E-state index contributed by atoms with van der Waals surface area (Å²) in [6.07, 6.45) is 3.26. The number of amides is 1. The minimum atomic E-state index is -1.06. The maximum Gasteiger partial charge on any atom is 0.341 e. The number of ether oxygens (including phenoxy) is 1. The molecule has 1 N–H and O–H groups in total. The Morgan fingerprint density at radius 2 is 2.18 bits per heavy atom. The fourth-order valence-corrected chi connectivity index (χ4v) is 3.06. The third-order valence-electron chi connectivity index (χ3n) is 2.74. The molecule has 22 heavy (non-hydrogen) atoms. The number of rotatable bonds is 6. The smallest absolute Gasteiger partial charge is 0.341 e. The van der Waals surface area contributed by atoms with Gasteiger partial charge in [-0.15, -0.1) is 6.58 Å². The predicted octanol–water partition coefficient (Wildman–Crippen LogP) is 2.54. The van der Waals surface area contributed by atoms with Crippen molar-refractivity contribution in [2.45, 2.75) is 0 Å². The molecule has 1 amide bonds. The summed E-state index contributed by atoms with van der Waals surface area (Å²) in [5.74, 6) is -0.853. The summed E-state index contributed by atoms with van der Waals surface area (Å²) in [6.45, 7) is 3.52. The Morgan fingerprint density at radius 1 is 1.45 bits per heavy atom. The van der Waals surface area contributed by atoms with Crippen molar-refractivity contribution in [2.24, 2.45) is 0 Å². The zero-order valence-electron chi connectivity index (χ0n) is 11.5. The van der Waals surface area contributed by atoms with E-state index in [4.69, 9.17) is 22.1 Å². The number of hydrogen-bond donors (Lipinski definition) is 1. The van der Waals surface area contributed by atoms with Crippen molar-refractivity contribution >= 4 is 46.3 Å². The number of nitrogens with zero attached hydrogens (tertiary/aromatic N) is 1. The number of hydrogen-bond acceptors (Lipinski definition) is 5. The first-order chi connectivity index (χ1) is 10.5. The molecule has 1 heterocycles. The Hall–Kier alpha value is -2.12. The van der Waals surface area contributed by atoms with Crippen LogP contribution in [0.1, 0.15) is 5.56 Å². The summed E-state index contributed by atoms with van der Waals surface area (Å²) in [5, 5.41) is 8.69. The van der Waals surface area contributed by atoms with E-state index in [1.807, 2.05) is 0 Å². The summed E-state index contributed by atoms with van der Waals surface area (Å²) in [6, 6.07) is 6.91. The van der Waals surface area contributed by atoms with Gasteiger partial charge in [0.15, 0.2) is 6.61 Å². The first-order valence-electron chi connectivity index (χ1n) is 6.33. The lowest BCUT2D eigenvalue weighted by molar-refractivity contribution is -0.139. The second kappa shape index (κ2) is 7.24. The van der Waals surface area contributed by atoms with E-state index in [1.165, 1.54) is 16.7 Å². The molecule has 7 heteroatoms. The highest BCUT2D eigenvalue weighted by Crippen LogP contribution is 2.34. The van der Waals surface area contributed by atoms with E-state index in [0.717, 1.165) is 0 Å². The van der Waals surface area contributed by atoms with Crippen molar-refractivity contribution in [3.05, 3.63) is 47.4 Å². The predicted molar refractivity (Wildman–Crippen MR) is 89.6 cm³/mol. The van der Waals surface area contributed by atoms with Crippen LogP contribution < -0.4 is 4.74 Å². The van der Waals surface area contributed by atoms with Gasteiger partial charge in [-0.3, -0.25) is 9.69 Å². The number of thioether (sulfide) groups is 1. The van der Waals surface area contributed by atoms with Crippen molar-refractivity contribution in [3.63, 3.8) is 0 Å². The summed E-state index contributed by atoms with van der Waals surface area (Å²) in [7, 11) is 0. The summed E-state index contributed by atoms with van der Waals surface area (Å²) >= 11 is 6.36. The van der Waals surface area contributed by atoms with Crippen LogP contribution in [-0.4, -0.2) is 39.4 Å². The first kappa shape index (κ1) is 16.3. The van der Waals surface area contributed by atoms with Gasteiger partial charge in [-0.05, 0) is 12.1 Å². The van der Waals surface area contributed by atoms with Gasteiger partial charge in [0.25, 0.3) is 5.91 Å². The van der Waals surface area contributed by atoms with Crippen molar-refractivity contribution in [1.82, 2.24) is 4.90 Å². The van der Waals surface area contributed by atoms with Gasteiger partial charge in [0.2, 0.25) is 0 Å². The van der Waals surface area contributed by atoms with Gasteiger partial charge < -0.3 is 9.84 Å². The number of aliphatic carboxylic acids is 1. The topological polar surface area (TPSA) is 66.8 Å². The number of carboxylic acids is 1. The zero-order chi connectivity index (χ0) is 16.1. The van der Waals surface area contributed by atoms with Gasteiger partial charge >= 0.3 is 5.97 Å². The molecule has 114 valence electrons. The third kappa shape index (κ3) is 3.75. The van der Waals surface area contributed by atoms with Gasteiger partial charge in [0.05, 0.1) is 4.91 Å². The minimum absolute atomic E-state index is 0.192. The molecule has 1 aliphatic rings. The molecule has 1 aromatic rings. The van der Waals surface area contributed by atoms with Crippen LogP contribution in [0.15, 0.2) is 41.8 Å². The second-order valence-electron chi connectivity index (χ2n) is 4.30. The van der Waals surface area contributed by atoms with Gasteiger partial charge in [-0.2, -0.15) is 0 Å². The highest BCUT2D eigenvalue weighted by Gasteiger charge is 2.31. The maximum atomic E-state index is 12.3. The van der Waals surface area contributed by atoms with Crippen molar-refractivity contribution in [1.29, 1.82) is 0 Å². The Labute approximate surface area is 137 Å². The van der Waals surface area contributed by atoms with Crippen molar-refractivity contribution in [3.8, 4) is 5.75 Å². The monoisotopic (exact) mass is 335 g/mol. The SMILES string of the molecule is C=CCN1C(=O)/C(=C/c2ccccc2OCC(=O)O)SC1=S. The summed E-state index contributed by atoms with van der Waals surface area (Å²) in [4.78, 5) is 24.8. The number of para-hydroxylation sites is 1. The second-order valence-corrected chi connectivity index (χ2v) is 5.98. The Kier molecular flexibility index (Phi) is 5.35. The van der Waals surface area contributed by atoms with E-state index >= 15 is 0 Å². The van der Waals surface area contributed by atoms with Crippen LogP contribution in [0.4, 0.5) is 0 Å². The van der Waals surface area contributed by atoms with Gasteiger partial charge in [-0.1, -0.05) is 48.3 Å². The van der Waals surface area contributed by atoms with Crippen LogP contribution in [0.3, 0.4) is 0 Å². The lowest BCUT2D eigenvalue weighted by Gasteiger charge is -2.10. The maximum absolute atomic E-state index is 12.3. The molecule has 1 aliphatic heterocycles. The van der Waals surface area contributed by atoms with E-state index in [-0.39, 0.29) is 5.91 Å². The van der Waals surface area contributed by atoms with Gasteiger partial charge in [-0.25, -0.2) is 4.79 Å². The lowest BCUT2D eigenvalue weighted by atomic mass is 10.2. The molecular weight excluding hydrogens is 322 g/mol. The highest BCUT2D eigenvalue weighted by molar-refractivity contribution is 8.26. The number of carboxylic acid groups (broad SMARTS) is 1. The van der Waals surface area contributed by atoms with E-state index in [9.17, 15) is 9.59 Å². The molecule has 1 fully saturated rings. The van der Waals surface area contributed by atoms with E-state index in [1.54, 1.807) is 36.4 Å². The van der Waals surface area contributed by atoms with Crippen LogP contribution in [0.5, 0.6) is 5.75 Å². The number of carbonyl (C=O) groups is 2. The molecule has 5 nitrogen and oxygen atoms in total. The Morgan fingerprint density at radius 3 is 2.86 bits per heavy atom. The molecule has 0 unspecified atom stereocenters. The lowest BCUT2D eigenvalue weighted by Crippen LogP contribution is -2.27. The molecular formula is C15H13NO4S2. The quantitative estimate of drug-likeness (QED) is 0.489. The Balaban J connectivity index is 2.26. The molecule has 0 radical (unpaired) electrons. The number of thiocarbonyl (C=S) groups is 1. The molecule has 1 aromatic carbocycles. The van der Waals surface area contributed by atoms with Crippen molar-refractivity contribution in [2.75, 3.05) is 13.2 Å². The van der Waals surface area contributed by atoms with Gasteiger partial charge in [0, 0.05) is 12.1 Å². The largest absolute Gasteiger partial charge is 0.481 e. The molecule has 0 atom stereocenters. The van der Waals surface area contributed by atoms with Crippen LogP contribution in [-0.2, 0) is 9.59 Å². The summed E-state index contributed by atoms with van der Waals surface area (Å²) in [5.41, 5.74) is 0.628.